The van der Waals surface area contributed by atoms with Crippen molar-refractivity contribution in [2.75, 3.05) is 19.6 Å². The largest absolute Gasteiger partial charge is 0.404 e. The molecule has 0 spiro atoms. The van der Waals surface area contributed by atoms with Crippen molar-refractivity contribution in [2.45, 2.75) is 25.2 Å². The van der Waals surface area contributed by atoms with Gasteiger partial charge in [0.1, 0.15) is 0 Å². The molecule has 3 nitrogen and oxygen atoms in total. The number of alkyl halides is 6. The lowest BCUT2D eigenvalue weighted by atomic mass is 9.85. The van der Waals surface area contributed by atoms with Crippen molar-refractivity contribution in [3.63, 3.8) is 0 Å². The molecule has 1 amide bonds. The number of nitrogens with two attached hydrogens (primary N) is 1. The predicted octanol–water partition coefficient (Wildman–Crippen LogP) is 2.10. The number of amides is 1. The monoisotopic (exact) mass is 314 g/mol. The second kappa shape index (κ2) is 5.74. The van der Waals surface area contributed by atoms with Crippen molar-refractivity contribution < 1.29 is 31.1 Å². The molecule has 1 saturated heterocycles. The van der Waals surface area contributed by atoms with Crippen LogP contribution >= 0.6 is 12.4 Å². The van der Waals surface area contributed by atoms with E-state index < -0.39 is 43.2 Å². The summed E-state index contributed by atoms with van der Waals surface area (Å²) in [5.74, 6) is -0.784. The highest BCUT2D eigenvalue weighted by atomic mass is 35.5. The average molecular weight is 315 g/mol. The Kier molecular flexibility index (Phi) is 5.53. The zero-order chi connectivity index (χ0) is 14.2. The molecular weight excluding hydrogens is 302 g/mol. The highest BCUT2D eigenvalue weighted by molar-refractivity contribution is 5.85. The quantitative estimate of drug-likeness (QED) is 0.794. The first-order valence-electron chi connectivity index (χ1n) is 5.16. The van der Waals surface area contributed by atoms with Gasteiger partial charge in [0.05, 0.1) is 0 Å². The maximum Gasteiger partial charge on any atom is 0.404 e. The number of nitrogens with zero attached hydrogens (tertiary/aromatic N) is 1. The number of halogens is 7. The summed E-state index contributed by atoms with van der Waals surface area (Å²) in [5, 5.41) is 0. The lowest BCUT2D eigenvalue weighted by Gasteiger charge is -2.33. The van der Waals surface area contributed by atoms with Crippen LogP contribution in [0.4, 0.5) is 26.3 Å². The smallest absolute Gasteiger partial charge is 0.341 e. The maximum atomic E-state index is 12.7. The Morgan fingerprint density at radius 3 is 1.95 bits per heavy atom. The van der Waals surface area contributed by atoms with Crippen molar-refractivity contribution in [3.8, 4) is 0 Å². The van der Waals surface area contributed by atoms with Gasteiger partial charge in [-0.15, -0.1) is 12.4 Å². The number of likely N-dealkylation sites (tertiary alicyclic amines) is 1. The van der Waals surface area contributed by atoms with E-state index in [2.05, 4.69) is 0 Å². The molecule has 10 heteroatoms. The van der Waals surface area contributed by atoms with Gasteiger partial charge < -0.3 is 10.6 Å². The summed E-state index contributed by atoms with van der Waals surface area (Å²) in [4.78, 5) is 11.9. The van der Waals surface area contributed by atoms with Crippen molar-refractivity contribution in [1.29, 1.82) is 0 Å². The first-order valence-corrected chi connectivity index (χ1v) is 5.16. The third kappa shape index (κ3) is 3.25. The van der Waals surface area contributed by atoms with E-state index in [1.54, 1.807) is 0 Å². The Labute approximate surface area is 111 Å². The van der Waals surface area contributed by atoms with E-state index in [9.17, 15) is 31.1 Å². The van der Waals surface area contributed by atoms with Crippen molar-refractivity contribution in [1.82, 2.24) is 4.90 Å². The Morgan fingerprint density at radius 2 is 1.63 bits per heavy atom. The number of carbonyl (C=O) groups is 1. The van der Waals surface area contributed by atoms with Crippen LogP contribution in [0.5, 0.6) is 0 Å². The fourth-order valence-corrected chi connectivity index (χ4v) is 1.93. The maximum absolute atomic E-state index is 12.7. The lowest BCUT2D eigenvalue weighted by molar-refractivity contribution is -0.334. The number of hydrogen-bond donors (Lipinski definition) is 1. The Morgan fingerprint density at radius 1 is 1.16 bits per heavy atom. The molecule has 1 aliphatic rings. The number of carbonyl (C=O) groups excluding carboxylic acids is 1. The molecule has 114 valence electrons. The predicted molar refractivity (Wildman–Crippen MR) is 56.7 cm³/mol. The minimum absolute atomic E-state index is 0. The van der Waals surface area contributed by atoms with Gasteiger partial charge in [0.25, 0.3) is 0 Å². The Balaban J connectivity index is 0.00000324. The first kappa shape index (κ1) is 18.3. The van der Waals surface area contributed by atoms with E-state index in [1.165, 1.54) is 0 Å². The fraction of sp³-hybridized carbons (Fsp3) is 0.889. The summed E-state index contributed by atoms with van der Waals surface area (Å²) in [7, 11) is 0. The molecule has 0 bridgehead atoms. The van der Waals surface area contributed by atoms with E-state index in [0.29, 0.717) is 4.90 Å². The van der Waals surface area contributed by atoms with Gasteiger partial charge in [-0.3, -0.25) is 4.79 Å². The van der Waals surface area contributed by atoms with E-state index in [-0.39, 0.29) is 25.4 Å². The second-order valence-electron chi connectivity index (χ2n) is 4.18. The third-order valence-corrected chi connectivity index (χ3v) is 3.07. The van der Waals surface area contributed by atoms with Gasteiger partial charge >= 0.3 is 12.4 Å². The molecule has 0 aliphatic carbocycles. The van der Waals surface area contributed by atoms with Crippen LogP contribution in [-0.4, -0.2) is 42.8 Å². The zero-order valence-corrected chi connectivity index (χ0v) is 10.5. The van der Waals surface area contributed by atoms with Crippen LogP contribution < -0.4 is 5.73 Å². The van der Waals surface area contributed by atoms with Crippen molar-refractivity contribution >= 4 is 18.3 Å². The summed E-state index contributed by atoms with van der Waals surface area (Å²) in [6.07, 6.45) is -12.3. The molecule has 1 fully saturated rings. The van der Waals surface area contributed by atoms with Crippen LogP contribution in [0.15, 0.2) is 0 Å². The molecule has 0 radical (unpaired) electrons. The van der Waals surface area contributed by atoms with Gasteiger partial charge in [-0.2, -0.15) is 26.3 Å². The summed E-state index contributed by atoms with van der Waals surface area (Å²) in [5.41, 5.74) is 1.23. The zero-order valence-electron chi connectivity index (χ0n) is 9.64. The van der Waals surface area contributed by atoms with Gasteiger partial charge in [-0.25, -0.2) is 0 Å². The van der Waals surface area contributed by atoms with Crippen LogP contribution in [0.2, 0.25) is 0 Å². The molecule has 19 heavy (non-hydrogen) atoms. The normalized spacial score (nSPS) is 19.2. The minimum Gasteiger partial charge on any atom is -0.341 e. The van der Waals surface area contributed by atoms with Gasteiger partial charge in [0.15, 0.2) is 5.41 Å². The number of rotatable bonds is 2. The molecule has 0 aromatic carbocycles. The van der Waals surface area contributed by atoms with Crippen LogP contribution in [0.3, 0.4) is 0 Å². The molecule has 0 saturated carbocycles. The minimum atomic E-state index is -5.43. The van der Waals surface area contributed by atoms with E-state index >= 15 is 0 Å². The van der Waals surface area contributed by atoms with Crippen molar-refractivity contribution in [2.24, 2.45) is 11.1 Å². The topological polar surface area (TPSA) is 46.3 Å². The van der Waals surface area contributed by atoms with Crippen LogP contribution in [0.25, 0.3) is 0 Å². The Hall–Kier alpha value is -0.700. The highest BCUT2D eigenvalue weighted by Gasteiger charge is 2.72. The highest BCUT2D eigenvalue weighted by Crippen LogP contribution is 2.55. The van der Waals surface area contributed by atoms with Crippen molar-refractivity contribution in [3.05, 3.63) is 0 Å². The van der Waals surface area contributed by atoms with Gasteiger partial charge in [0.2, 0.25) is 5.91 Å². The Bertz CT molecular complexity index is 316. The summed E-state index contributed by atoms with van der Waals surface area (Å²) in [6, 6.07) is 0. The van der Waals surface area contributed by atoms with E-state index in [4.69, 9.17) is 5.73 Å². The first-order chi connectivity index (χ1) is 8.05. The molecule has 0 unspecified atom stereocenters. The van der Waals surface area contributed by atoms with Crippen LogP contribution in [0.1, 0.15) is 12.8 Å². The SMILES string of the molecule is Cl.NCCC(=O)N1CCC(C(F)(F)F)(C(F)(F)F)C1. The molecule has 0 aromatic rings. The molecule has 2 N–H and O–H groups in total. The van der Waals surface area contributed by atoms with E-state index in [0.717, 1.165) is 0 Å². The molecule has 0 aromatic heterocycles. The van der Waals surface area contributed by atoms with Gasteiger partial charge in [-0.05, 0) is 6.42 Å². The molecular formula is C9H13ClF6N2O. The molecule has 1 aliphatic heterocycles. The average Bonchev–Trinajstić information content (AvgIpc) is 2.61. The van der Waals surface area contributed by atoms with Crippen LogP contribution in [0, 0.1) is 5.41 Å². The van der Waals surface area contributed by atoms with Gasteiger partial charge in [-0.1, -0.05) is 0 Å². The second-order valence-corrected chi connectivity index (χ2v) is 4.18. The molecule has 1 rings (SSSR count). The van der Waals surface area contributed by atoms with Crippen LogP contribution in [-0.2, 0) is 4.79 Å². The van der Waals surface area contributed by atoms with Gasteiger partial charge in [0, 0.05) is 26.1 Å². The number of hydrogen-bond acceptors (Lipinski definition) is 2. The third-order valence-electron chi connectivity index (χ3n) is 3.07. The standard InChI is InChI=1S/C9H12F6N2O.ClH/c10-8(11,12)7(9(13,14)15)2-4-17(5-7)6(18)1-3-16;/h1-5,16H2;1H. The summed E-state index contributed by atoms with van der Waals surface area (Å²) < 4.78 is 75.9. The lowest BCUT2D eigenvalue weighted by Crippen LogP contribution is -2.52. The van der Waals surface area contributed by atoms with E-state index in [1.807, 2.05) is 0 Å². The molecule has 1 heterocycles. The summed E-state index contributed by atoms with van der Waals surface area (Å²) in [6.45, 7) is -2.04. The summed E-state index contributed by atoms with van der Waals surface area (Å²) >= 11 is 0. The molecule has 0 atom stereocenters. The fourth-order valence-electron chi connectivity index (χ4n) is 1.93.